The van der Waals surface area contributed by atoms with Crippen LogP contribution in [0.15, 0.2) is 164 Å². The van der Waals surface area contributed by atoms with Gasteiger partial charge in [-0.2, -0.15) is 0 Å². The summed E-state index contributed by atoms with van der Waals surface area (Å²) >= 11 is 0. The molecule has 1 aromatic heterocycles. The maximum Gasteiger partial charge on any atom is 0.164 e. The first-order valence-electron chi connectivity index (χ1n) is 18.8. The maximum absolute atomic E-state index is 5.53. The third-order valence-electron chi connectivity index (χ3n) is 11.7. The van der Waals surface area contributed by atoms with Crippen LogP contribution in [0.5, 0.6) is 0 Å². The first kappa shape index (κ1) is 32.6. The number of fused-ring (bicyclic) bond motifs is 6. The van der Waals surface area contributed by atoms with Crippen molar-refractivity contribution in [1.82, 2.24) is 15.0 Å². The fourth-order valence-corrected chi connectivity index (χ4v) is 16.2. The zero-order valence-corrected chi connectivity index (χ0v) is 32.9. The normalized spacial score (nSPS) is 14.2. The molecular formula is C49H39N3Si2. The molecule has 258 valence electrons. The molecular weight excluding hydrogens is 687 g/mol. The fourth-order valence-electron chi connectivity index (χ4n) is 9.26. The Labute approximate surface area is 319 Å². The molecule has 8 aromatic rings. The van der Waals surface area contributed by atoms with Crippen molar-refractivity contribution < 1.29 is 0 Å². The Morgan fingerprint density at radius 3 is 1.06 bits per heavy atom. The molecule has 0 amide bonds. The van der Waals surface area contributed by atoms with Crippen LogP contribution >= 0.6 is 0 Å². The second kappa shape index (κ2) is 12.3. The van der Waals surface area contributed by atoms with Crippen LogP contribution in [0, 0.1) is 0 Å². The van der Waals surface area contributed by atoms with Gasteiger partial charge >= 0.3 is 0 Å². The van der Waals surface area contributed by atoms with Crippen LogP contribution in [-0.2, 0) is 0 Å². The van der Waals surface area contributed by atoms with Crippen LogP contribution in [-0.4, -0.2) is 31.1 Å². The molecule has 7 aromatic carbocycles. The van der Waals surface area contributed by atoms with Crippen LogP contribution in [0.2, 0.25) is 26.2 Å². The molecule has 0 N–H and O–H groups in total. The highest BCUT2D eigenvalue weighted by Gasteiger charge is 2.42. The van der Waals surface area contributed by atoms with Crippen molar-refractivity contribution in [3.05, 3.63) is 164 Å². The van der Waals surface area contributed by atoms with Crippen molar-refractivity contribution in [2.24, 2.45) is 0 Å². The Kier molecular flexibility index (Phi) is 7.41. The van der Waals surface area contributed by atoms with Crippen molar-refractivity contribution >= 4 is 36.9 Å². The van der Waals surface area contributed by atoms with Gasteiger partial charge in [-0.1, -0.05) is 178 Å². The molecule has 54 heavy (non-hydrogen) atoms. The Balaban J connectivity index is 1.28. The highest BCUT2D eigenvalue weighted by molar-refractivity contribution is 7.05. The molecule has 5 heteroatoms. The molecule has 3 heterocycles. The Morgan fingerprint density at radius 2 is 0.630 bits per heavy atom. The van der Waals surface area contributed by atoms with Gasteiger partial charge in [0.05, 0.1) is 0 Å². The van der Waals surface area contributed by atoms with Crippen LogP contribution in [0.3, 0.4) is 0 Å². The van der Waals surface area contributed by atoms with Crippen LogP contribution in [0.1, 0.15) is 0 Å². The highest BCUT2D eigenvalue weighted by atomic mass is 28.3. The molecule has 0 bridgehead atoms. The maximum atomic E-state index is 5.53. The third kappa shape index (κ3) is 4.89. The number of hydrogen-bond donors (Lipinski definition) is 0. The zero-order chi connectivity index (χ0) is 36.6. The molecule has 2 aliphatic heterocycles. The molecule has 0 atom stereocenters. The van der Waals surface area contributed by atoms with Gasteiger partial charge in [0.25, 0.3) is 0 Å². The first-order valence-corrected chi connectivity index (χ1v) is 24.8. The van der Waals surface area contributed by atoms with Gasteiger partial charge < -0.3 is 0 Å². The van der Waals surface area contributed by atoms with Crippen molar-refractivity contribution in [3.8, 4) is 78.7 Å². The molecule has 0 radical (unpaired) electrons. The lowest BCUT2D eigenvalue weighted by molar-refractivity contribution is 1.08. The average molecular weight is 726 g/mol. The van der Waals surface area contributed by atoms with Gasteiger partial charge in [0.15, 0.2) is 17.5 Å². The second-order valence-electron chi connectivity index (χ2n) is 15.6. The summed E-state index contributed by atoms with van der Waals surface area (Å²) in [7, 11) is -4.21. The zero-order valence-electron chi connectivity index (χ0n) is 30.9. The van der Waals surface area contributed by atoms with Crippen LogP contribution in [0.4, 0.5) is 0 Å². The largest absolute Gasteiger partial charge is 0.208 e. The number of hydrogen-bond acceptors (Lipinski definition) is 3. The minimum atomic E-state index is -2.11. The molecule has 0 saturated carbocycles. The topological polar surface area (TPSA) is 38.7 Å². The SMILES string of the molecule is C[Si]1(C)c2ccccc2-c2ccc(-c3nc(-c4ccccc4)nc(-c4ccc5c(c4-c4ccccc4)[Si](C)(C)c4ccccc4-5)n3)c(-c3ccccc3)c21. The minimum absolute atomic E-state index is 0.675. The Morgan fingerprint density at radius 1 is 0.296 bits per heavy atom. The van der Waals surface area contributed by atoms with E-state index in [4.69, 9.17) is 15.0 Å². The molecule has 3 nitrogen and oxygen atoms in total. The van der Waals surface area contributed by atoms with Gasteiger partial charge in [0, 0.05) is 16.7 Å². The minimum Gasteiger partial charge on any atom is -0.208 e. The second-order valence-corrected chi connectivity index (χ2v) is 24.1. The van der Waals surface area contributed by atoms with E-state index in [0.29, 0.717) is 17.5 Å². The summed E-state index contributed by atoms with van der Waals surface area (Å²) in [5.41, 5.74) is 13.3. The lowest BCUT2D eigenvalue weighted by Gasteiger charge is -2.25. The van der Waals surface area contributed by atoms with Crippen LogP contribution < -0.4 is 20.7 Å². The van der Waals surface area contributed by atoms with Gasteiger partial charge in [-0.25, -0.2) is 15.0 Å². The molecule has 0 unspecified atom stereocenters. The van der Waals surface area contributed by atoms with Crippen molar-refractivity contribution in [1.29, 1.82) is 0 Å². The first-order chi connectivity index (χ1) is 26.3. The average Bonchev–Trinajstić information content (AvgIpc) is 3.60. The van der Waals surface area contributed by atoms with E-state index in [1.165, 1.54) is 65.3 Å². The van der Waals surface area contributed by atoms with Crippen molar-refractivity contribution in [2.45, 2.75) is 26.2 Å². The third-order valence-corrected chi connectivity index (χ3v) is 18.8. The van der Waals surface area contributed by atoms with Gasteiger partial charge in [0.1, 0.15) is 16.1 Å². The molecule has 0 aliphatic carbocycles. The molecule has 10 rings (SSSR count). The van der Waals surface area contributed by atoms with Crippen molar-refractivity contribution in [2.75, 3.05) is 0 Å². The summed E-state index contributed by atoms with van der Waals surface area (Å²) in [6, 6.07) is 59.2. The summed E-state index contributed by atoms with van der Waals surface area (Å²) in [4.78, 5) is 16.2. The van der Waals surface area contributed by atoms with Crippen molar-refractivity contribution in [3.63, 3.8) is 0 Å². The monoisotopic (exact) mass is 725 g/mol. The predicted molar refractivity (Wildman–Crippen MR) is 231 cm³/mol. The van der Waals surface area contributed by atoms with Gasteiger partial charge in [-0.05, 0) is 77.4 Å². The Bertz CT molecular complexity index is 2590. The summed E-state index contributed by atoms with van der Waals surface area (Å²) in [5, 5.41) is 5.86. The van der Waals surface area contributed by atoms with E-state index in [9.17, 15) is 0 Å². The van der Waals surface area contributed by atoms with E-state index in [-0.39, 0.29) is 0 Å². The quantitative estimate of drug-likeness (QED) is 0.166. The molecule has 0 fully saturated rings. The van der Waals surface area contributed by atoms with Gasteiger partial charge in [0.2, 0.25) is 0 Å². The fraction of sp³-hybridized carbons (Fsp3) is 0.0816. The van der Waals surface area contributed by atoms with E-state index < -0.39 is 16.1 Å². The number of benzene rings is 7. The van der Waals surface area contributed by atoms with Gasteiger partial charge in [-0.3, -0.25) is 0 Å². The van der Waals surface area contributed by atoms with E-state index in [2.05, 4.69) is 184 Å². The smallest absolute Gasteiger partial charge is 0.164 e. The predicted octanol–water partition coefficient (Wildman–Crippen LogP) is 9.81. The van der Waals surface area contributed by atoms with Crippen LogP contribution in [0.25, 0.3) is 78.7 Å². The van der Waals surface area contributed by atoms with Gasteiger partial charge in [-0.15, -0.1) is 0 Å². The molecule has 0 saturated heterocycles. The summed E-state index contributed by atoms with van der Waals surface area (Å²) in [6.07, 6.45) is 0. The lowest BCUT2D eigenvalue weighted by Crippen LogP contribution is -2.50. The number of rotatable bonds is 5. The van der Waals surface area contributed by atoms with E-state index in [1.54, 1.807) is 0 Å². The van der Waals surface area contributed by atoms with E-state index in [0.717, 1.165) is 16.7 Å². The highest BCUT2D eigenvalue weighted by Crippen LogP contribution is 2.42. The molecule has 2 aliphatic rings. The Hall–Kier alpha value is -6.02. The number of nitrogens with zero attached hydrogens (tertiary/aromatic N) is 3. The van der Waals surface area contributed by atoms with E-state index in [1.807, 2.05) is 6.07 Å². The number of aromatic nitrogens is 3. The summed E-state index contributed by atoms with van der Waals surface area (Å²) < 4.78 is 0. The lowest BCUT2D eigenvalue weighted by atomic mass is 9.93. The molecule has 0 spiro atoms. The summed E-state index contributed by atoms with van der Waals surface area (Å²) in [6.45, 7) is 9.95. The van der Waals surface area contributed by atoms with E-state index >= 15 is 0 Å². The standard InChI is InChI=1S/C49H39N3Si2/c1-53(2)41-26-16-14-24-35(41)37-28-30-39(43(45(37)53)32-18-8-5-9-19-32)48-50-47(34-22-12-7-13-23-34)51-49(52-48)40-31-29-38-36-25-15-17-27-42(36)54(3,4)46(38)44(40)33-20-10-6-11-21-33/h5-31H,1-4H3. The summed E-state index contributed by atoms with van der Waals surface area (Å²) in [5.74, 6) is 2.07.